The average molecular weight is 291 g/mol. The average Bonchev–Trinajstić information content (AvgIpc) is 2.32. The zero-order chi connectivity index (χ0) is 12.3. The molecule has 2 aromatic carbocycles. The lowest BCUT2D eigenvalue weighted by Crippen LogP contribution is -2.09. The third-order valence-corrected chi connectivity index (χ3v) is 2.92. The molecule has 2 aromatic rings. The van der Waals surface area contributed by atoms with Crippen LogP contribution < -0.4 is 4.74 Å². The molecule has 86 valence electrons. The summed E-state index contributed by atoms with van der Waals surface area (Å²) in [6, 6.07) is 14.5. The molecule has 3 heteroatoms. The SMILES string of the molecule is Cc1ccccc1C(=O)Oc1ccc(Br)cc1. The predicted octanol–water partition coefficient (Wildman–Crippen LogP) is 3.98. The zero-order valence-corrected chi connectivity index (χ0v) is 10.9. The van der Waals surface area contributed by atoms with Crippen molar-refractivity contribution in [1.82, 2.24) is 0 Å². The lowest BCUT2D eigenvalue weighted by Gasteiger charge is -2.06. The molecule has 0 heterocycles. The Balaban J connectivity index is 2.17. The summed E-state index contributed by atoms with van der Waals surface area (Å²) in [5.74, 6) is 0.215. The van der Waals surface area contributed by atoms with Gasteiger partial charge in [0.1, 0.15) is 5.75 Å². The van der Waals surface area contributed by atoms with Crippen molar-refractivity contribution in [2.45, 2.75) is 6.92 Å². The standard InChI is InChI=1S/C14H11BrO2/c1-10-4-2-3-5-13(10)14(16)17-12-8-6-11(15)7-9-12/h2-9H,1H3. The van der Waals surface area contributed by atoms with Crippen molar-refractivity contribution in [3.05, 3.63) is 64.1 Å². The molecule has 0 aliphatic rings. The predicted molar refractivity (Wildman–Crippen MR) is 70.3 cm³/mol. The summed E-state index contributed by atoms with van der Waals surface area (Å²) in [7, 11) is 0. The van der Waals surface area contributed by atoms with Gasteiger partial charge in [-0.1, -0.05) is 34.1 Å². The lowest BCUT2D eigenvalue weighted by atomic mass is 10.1. The van der Waals surface area contributed by atoms with Crippen LogP contribution in [0.5, 0.6) is 5.75 Å². The van der Waals surface area contributed by atoms with E-state index in [1.807, 2.05) is 37.3 Å². The van der Waals surface area contributed by atoms with Gasteiger partial charge in [-0.05, 0) is 42.8 Å². The molecule has 0 aromatic heterocycles. The third-order valence-electron chi connectivity index (χ3n) is 2.39. The molecule has 0 fully saturated rings. The summed E-state index contributed by atoms with van der Waals surface area (Å²) in [5, 5.41) is 0. The van der Waals surface area contributed by atoms with Crippen LogP contribution in [0.1, 0.15) is 15.9 Å². The minimum atomic E-state index is -0.328. The van der Waals surface area contributed by atoms with Crippen LogP contribution >= 0.6 is 15.9 Å². The highest BCUT2D eigenvalue weighted by molar-refractivity contribution is 9.10. The quantitative estimate of drug-likeness (QED) is 0.618. The number of benzene rings is 2. The number of halogens is 1. The molecule has 0 aliphatic heterocycles. The Morgan fingerprint density at radius 3 is 2.35 bits per heavy atom. The fourth-order valence-corrected chi connectivity index (χ4v) is 1.73. The van der Waals surface area contributed by atoms with Gasteiger partial charge in [0.25, 0.3) is 0 Å². The number of ether oxygens (including phenoxy) is 1. The highest BCUT2D eigenvalue weighted by atomic mass is 79.9. The van der Waals surface area contributed by atoms with E-state index in [4.69, 9.17) is 4.74 Å². The Morgan fingerprint density at radius 1 is 1.06 bits per heavy atom. The number of rotatable bonds is 2. The second kappa shape index (κ2) is 5.15. The Morgan fingerprint density at radius 2 is 1.71 bits per heavy atom. The van der Waals surface area contributed by atoms with Crippen LogP contribution in [-0.2, 0) is 0 Å². The van der Waals surface area contributed by atoms with Gasteiger partial charge < -0.3 is 4.74 Å². The van der Waals surface area contributed by atoms with Crippen LogP contribution in [0.4, 0.5) is 0 Å². The molecule has 2 nitrogen and oxygen atoms in total. The van der Waals surface area contributed by atoms with Crippen molar-refractivity contribution in [2.24, 2.45) is 0 Å². The van der Waals surface area contributed by atoms with E-state index >= 15 is 0 Å². The van der Waals surface area contributed by atoms with Gasteiger partial charge in [0.05, 0.1) is 5.56 Å². The Kier molecular flexibility index (Phi) is 3.59. The van der Waals surface area contributed by atoms with Gasteiger partial charge in [0.15, 0.2) is 0 Å². The van der Waals surface area contributed by atoms with E-state index in [0.29, 0.717) is 11.3 Å². The van der Waals surface area contributed by atoms with Gasteiger partial charge in [-0.15, -0.1) is 0 Å². The monoisotopic (exact) mass is 290 g/mol. The second-order valence-corrected chi connectivity index (χ2v) is 4.57. The van der Waals surface area contributed by atoms with Crippen molar-refractivity contribution >= 4 is 21.9 Å². The van der Waals surface area contributed by atoms with Gasteiger partial charge in [0.2, 0.25) is 0 Å². The first-order valence-corrected chi connectivity index (χ1v) is 5.99. The van der Waals surface area contributed by atoms with Crippen molar-refractivity contribution in [3.8, 4) is 5.75 Å². The molecule has 0 saturated heterocycles. The van der Waals surface area contributed by atoms with Crippen molar-refractivity contribution in [1.29, 1.82) is 0 Å². The van der Waals surface area contributed by atoms with E-state index in [1.54, 1.807) is 18.2 Å². The van der Waals surface area contributed by atoms with E-state index in [0.717, 1.165) is 10.0 Å². The van der Waals surface area contributed by atoms with Gasteiger partial charge in [-0.2, -0.15) is 0 Å². The number of hydrogen-bond acceptors (Lipinski definition) is 2. The molecular formula is C14H11BrO2. The van der Waals surface area contributed by atoms with E-state index < -0.39 is 0 Å². The van der Waals surface area contributed by atoms with Crippen molar-refractivity contribution < 1.29 is 9.53 Å². The molecule has 0 aliphatic carbocycles. The fourth-order valence-electron chi connectivity index (χ4n) is 1.47. The van der Waals surface area contributed by atoms with Gasteiger partial charge in [-0.3, -0.25) is 0 Å². The Labute approximate surface area is 108 Å². The molecule has 0 amide bonds. The summed E-state index contributed by atoms with van der Waals surface area (Å²) in [6.45, 7) is 1.89. The van der Waals surface area contributed by atoms with Crippen LogP contribution in [0.3, 0.4) is 0 Å². The maximum absolute atomic E-state index is 11.9. The van der Waals surface area contributed by atoms with E-state index in [1.165, 1.54) is 0 Å². The molecule has 17 heavy (non-hydrogen) atoms. The van der Waals surface area contributed by atoms with Crippen molar-refractivity contribution in [3.63, 3.8) is 0 Å². The molecule has 2 rings (SSSR count). The minimum Gasteiger partial charge on any atom is -0.423 e. The van der Waals surface area contributed by atoms with E-state index in [-0.39, 0.29) is 5.97 Å². The maximum Gasteiger partial charge on any atom is 0.343 e. The number of carbonyl (C=O) groups is 1. The lowest BCUT2D eigenvalue weighted by molar-refractivity contribution is 0.0734. The smallest absolute Gasteiger partial charge is 0.343 e. The summed E-state index contributed by atoms with van der Waals surface area (Å²) in [4.78, 5) is 11.9. The molecule has 0 N–H and O–H groups in total. The van der Waals surface area contributed by atoms with E-state index in [9.17, 15) is 4.79 Å². The van der Waals surface area contributed by atoms with Crippen LogP contribution in [0.15, 0.2) is 53.0 Å². The number of carbonyl (C=O) groups excluding carboxylic acids is 1. The van der Waals surface area contributed by atoms with Crippen LogP contribution in [0.25, 0.3) is 0 Å². The van der Waals surface area contributed by atoms with Crippen LogP contribution in [-0.4, -0.2) is 5.97 Å². The molecule has 0 radical (unpaired) electrons. The normalized spacial score (nSPS) is 10.0. The maximum atomic E-state index is 11.9. The van der Waals surface area contributed by atoms with E-state index in [2.05, 4.69) is 15.9 Å². The largest absolute Gasteiger partial charge is 0.423 e. The van der Waals surface area contributed by atoms with Crippen molar-refractivity contribution in [2.75, 3.05) is 0 Å². The first-order chi connectivity index (χ1) is 8.16. The molecule has 0 unspecified atom stereocenters. The molecular weight excluding hydrogens is 280 g/mol. The van der Waals surface area contributed by atoms with Crippen LogP contribution in [0, 0.1) is 6.92 Å². The number of esters is 1. The summed E-state index contributed by atoms with van der Waals surface area (Å²) >= 11 is 3.33. The molecule has 0 spiro atoms. The summed E-state index contributed by atoms with van der Waals surface area (Å²) in [5.41, 5.74) is 1.50. The summed E-state index contributed by atoms with van der Waals surface area (Å²) < 4.78 is 6.23. The van der Waals surface area contributed by atoms with Crippen LogP contribution in [0.2, 0.25) is 0 Å². The fraction of sp³-hybridized carbons (Fsp3) is 0.0714. The molecule has 0 bridgehead atoms. The summed E-state index contributed by atoms with van der Waals surface area (Å²) in [6.07, 6.45) is 0. The highest BCUT2D eigenvalue weighted by Gasteiger charge is 2.10. The van der Waals surface area contributed by atoms with Gasteiger partial charge in [-0.25, -0.2) is 4.79 Å². The first kappa shape index (κ1) is 11.9. The minimum absolute atomic E-state index is 0.328. The third kappa shape index (κ3) is 2.94. The highest BCUT2D eigenvalue weighted by Crippen LogP contribution is 2.18. The number of hydrogen-bond donors (Lipinski definition) is 0. The zero-order valence-electron chi connectivity index (χ0n) is 9.31. The Hall–Kier alpha value is -1.61. The molecule has 0 atom stereocenters. The molecule has 0 saturated carbocycles. The van der Waals surface area contributed by atoms with Gasteiger partial charge in [0, 0.05) is 4.47 Å². The topological polar surface area (TPSA) is 26.3 Å². The Bertz CT molecular complexity index is 532. The second-order valence-electron chi connectivity index (χ2n) is 3.66. The van der Waals surface area contributed by atoms with Gasteiger partial charge >= 0.3 is 5.97 Å². The first-order valence-electron chi connectivity index (χ1n) is 5.20. The number of aryl methyl sites for hydroxylation is 1.